The zero-order valence-corrected chi connectivity index (χ0v) is 18.3. The number of carbonyl (C=O) groups is 1. The van der Waals surface area contributed by atoms with E-state index < -0.39 is 5.60 Å². The Balaban J connectivity index is 1.70. The highest BCUT2D eigenvalue weighted by Crippen LogP contribution is 2.39. The Bertz CT molecular complexity index is 921. The van der Waals surface area contributed by atoms with Crippen LogP contribution in [0.25, 0.3) is 0 Å². The highest BCUT2D eigenvalue weighted by molar-refractivity contribution is 5.94. The molecular formula is C28H31NO2. The van der Waals surface area contributed by atoms with Crippen LogP contribution in [0.2, 0.25) is 0 Å². The topological polar surface area (TPSA) is 29.5 Å². The summed E-state index contributed by atoms with van der Waals surface area (Å²) in [4.78, 5) is 18.6. The van der Waals surface area contributed by atoms with Gasteiger partial charge in [-0.15, -0.1) is 0 Å². The highest BCUT2D eigenvalue weighted by atomic mass is 16.7. The van der Waals surface area contributed by atoms with Gasteiger partial charge in [-0.1, -0.05) is 91.3 Å². The van der Waals surface area contributed by atoms with Gasteiger partial charge in [-0.3, -0.25) is 9.63 Å². The van der Waals surface area contributed by atoms with Gasteiger partial charge in [0.25, 0.3) is 0 Å². The van der Waals surface area contributed by atoms with E-state index in [0.29, 0.717) is 0 Å². The summed E-state index contributed by atoms with van der Waals surface area (Å²) in [6, 6.07) is 29.2. The van der Waals surface area contributed by atoms with Gasteiger partial charge in [-0.05, 0) is 49.3 Å². The summed E-state index contributed by atoms with van der Waals surface area (Å²) in [6.07, 6.45) is 5.29. The number of piperidine rings is 1. The standard InChI is InChI=1S/C28H31NO2/c1-23(30)25-17-15-24(16-18-25)19-20-28(26-11-5-2-6-12-26,27-13-7-3-8-14-27)31-29-21-9-4-10-22-29/h2-3,5-8,11-18H,4,9-10,19-22H2,1H3. The Morgan fingerprint density at radius 2 is 1.35 bits per heavy atom. The third kappa shape index (κ3) is 5.12. The summed E-state index contributed by atoms with van der Waals surface area (Å²) in [5, 5.41) is 2.17. The van der Waals surface area contributed by atoms with E-state index in [-0.39, 0.29) is 5.78 Å². The van der Waals surface area contributed by atoms with Crippen LogP contribution in [0.15, 0.2) is 84.9 Å². The lowest BCUT2D eigenvalue weighted by Crippen LogP contribution is -2.42. The highest BCUT2D eigenvalue weighted by Gasteiger charge is 2.38. The average Bonchev–Trinajstić information content (AvgIpc) is 2.84. The van der Waals surface area contributed by atoms with Crippen molar-refractivity contribution >= 4 is 5.78 Å². The molecule has 1 saturated heterocycles. The van der Waals surface area contributed by atoms with Gasteiger partial charge < -0.3 is 0 Å². The number of rotatable bonds is 8. The lowest BCUT2D eigenvalue weighted by atomic mass is 9.81. The van der Waals surface area contributed by atoms with Crippen molar-refractivity contribution in [2.75, 3.05) is 13.1 Å². The van der Waals surface area contributed by atoms with Crippen molar-refractivity contribution in [3.05, 3.63) is 107 Å². The van der Waals surface area contributed by atoms with E-state index in [4.69, 9.17) is 4.84 Å². The van der Waals surface area contributed by atoms with Crippen molar-refractivity contribution in [1.82, 2.24) is 5.06 Å². The van der Waals surface area contributed by atoms with E-state index in [9.17, 15) is 4.79 Å². The molecule has 3 heteroatoms. The minimum absolute atomic E-state index is 0.0999. The van der Waals surface area contributed by atoms with Crippen molar-refractivity contribution < 1.29 is 9.63 Å². The lowest BCUT2D eigenvalue weighted by molar-refractivity contribution is -0.246. The Morgan fingerprint density at radius 3 is 1.87 bits per heavy atom. The molecule has 0 amide bonds. The first-order valence-corrected chi connectivity index (χ1v) is 11.3. The fourth-order valence-electron chi connectivity index (χ4n) is 4.42. The number of hydrogen-bond donors (Lipinski definition) is 0. The SMILES string of the molecule is CC(=O)c1ccc(CCC(ON2CCCCC2)(c2ccccc2)c2ccccc2)cc1. The zero-order valence-electron chi connectivity index (χ0n) is 18.3. The van der Waals surface area contributed by atoms with E-state index in [1.165, 1.54) is 36.0 Å². The molecule has 1 aliphatic heterocycles. The quantitative estimate of drug-likeness (QED) is 0.413. The number of ketones is 1. The fraction of sp³-hybridized carbons (Fsp3) is 0.321. The Kier molecular flexibility index (Phi) is 6.96. The third-order valence-corrected chi connectivity index (χ3v) is 6.21. The molecule has 1 aliphatic rings. The molecule has 0 radical (unpaired) electrons. The van der Waals surface area contributed by atoms with Crippen LogP contribution in [-0.4, -0.2) is 23.9 Å². The zero-order chi connectivity index (χ0) is 21.5. The predicted molar refractivity (Wildman–Crippen MR) is 125 cm³/mol. The average molecular weight is 414 g/mol. The maximum Gasteiger partial charge on any atom is 0.159 e. The van der Waals surface area contributed by atoms with Gasteiger partial charge in [-0.2, -0.15) is 5.06 Å². The fourth-order valence-corrected chi connectivity index (χ4v) is 4.42. The molecule has 160 valence electrons. The molecule has 0 bridgehead atoms. The van der Waals surface area contributed by atoms with Gasteiger partial charge in [0, 0.05) is 18.7 Å². The molecule has 3 nitrogen and oxygen atoms in total. The molecule has 1 fully saturated rings. The molecule has 0 unspecified atom stereocenters. The minimum atomic E-state index is -0.556. The maximum atomic E-state index is 11.6. The number of hydrogen-bond acceptors (Lipinski definition) is 3. The summed E-state index contributed by atoms with van der Waals surface area (Å²) in [7, 11) is 0. The molecule has 0 spiro atoms. The second-order valence-corrected chi connectivity index (χ2v) is 8.39. The van der Waals surface area contributed by atoms with E-state index in [1.807, 2.05) is 12.1 Å². The molecule has 3 aromatic carbocycles. The maximum absolute atomic E-state index is 11.6. The second kappa shape index (κ2) is 10.0. The van der Waals surface area contributed by atoms with Gasteiger partial charge in [0.15, 0.2) is 5.78 Å². The van der Waals surface area contributed by atoms with Crippen molar-refractivity contribution in [3.8, 4) is 0 Å². The number of aryl methyl sites for hydroxylation is 1. The number of nitrogens with zero attached hydrogens (tertiary/aromatic N) is 1. The molecule has 31 heavy (non-hydrogen) atoms. The first kappa shape index (κ1) is 21.5. The first-order chi connectivity index (χ1) is 15.2. The van der Waals surface area contributed by atoms with Crippen molar-refractivity contribution in [2.24, 2.45) is 0 Å². The van der Waals surface area contributed by atoms with E-state index in [1.54, 1.807) is 6.92 Å². The van der Waals surface area contributed by atoms with Crippen LogP contribution in [0.3, 0.4) is 0 Å². The molecular weight excluding hydrogens is 382 g/mol. The van der Waals surface area contributed by atoms with Crippen molar-refractivity contribution in [2.45, 2.75) is 44.6 Å². The van der Waals surface area contributed by atoms with Gasteiger partial charge >= 0.3 is 0 Å². The molecule has 3 aromatic rings. The Morgan fingerprint density at radius 1 is 0.806 bits per heavy atom. The molecule has 1 heterocycles. The lowest BCUT2D eigenvalue weighted by Gasteiger charge is -2.40. The summed E-state index contributed by atoms with van der Waals surface area (Å²) in [5.74, 6) is 0.0999. The summed E-state index contributed by atoms with van der Waals surface area (Å²) in [6.45, 7) is 3.54. The van der Waals surface area contributed by atoms with Gasteiger partial charge in [0.05, 0.1) is 0 Å². The molecule has 4 rings (SSSR count). The molecule has 0 N–H and O–H groups in total. The van der Waals surface area contributed by atoms with Crippen molar-refractivity contribution in [3.63, 3.8) is 0 Å². The molecule has 0 aliphatic carbocycles. The molecule has 0 atom stereocenters. The van der Waals surface area contributed by atoms with Crippen LogP contribution < -0.4 is 0 Å². The van der Waals surface area contributed by atoms with E-state index >= 15 is 0 Å². The first-order valence-electron chi connectivity index (χ1n) is 11.3. The van der Waals surface area contributed by atoms with E-state index in [0.717, 1.165) is 31.5 Å². The van der Waals surface area contributed by atoms with Crippen LogP contribution in [0, 0.1) is 0 Å². The summed E-state index contributed by atoms with van der Waals surface area (Å²) < 4.78 is 0. The van der Waals surface area contributed by atoms with Gasteiger partial charge in [0.1, 0.15) is 5.60 Å². The number of carbonyl (C=O) groups excluding carboxylic acids is 1. The summed E-state index contributed by atoms with van der Waals surface area (Å²) >= 11 is 0. The van der Waals surface area contributed by atoms with Crippen LogP contribution in [0.5, 0.6) is 0 Å². The van der Waals surface area contributed by atoms with Crippen LogP contribution >= 0.6 is 0 Å². The molecule has 0 saturated carbocycles. The predicted octanol–water partition coefficient (Wildman–Crippen LogP) is 6.18. The molecule has 0 aromatic heterocycles. The second-order valence-electron chi connectivity index (χ2n) is 8.39. The van der Waals surface area contributed by atoms with Gasteiger partial charge in [-0.25, -0.2) is 0 Å². The number of benzene rings is 3. The van der Waals surface area contributed by atoms with E-state index in [2.05, 4.69) is 77.9 Å². The Hall–Kier alpha value is -2.75. The Labute approximate surface area is 185 Å². The smallest absolute Gasteiger partial charge is 0.159 e. The van der Waals surface area contributed by atoms with Crippen LogP contribution in [0.4, 0.5) is 0 Å². The minimum Gasteiger partial charge on any atom is -0.295 e. The van der Waals surface area contributed by atoms with Crippen LogP contribution in [0.1, 0.15) is 59.7 Å². The third-order valence-electron chi connectivity index (χ3n) is 6.21. The number of hydroxylamine groups is 2. The van der Waals surface area contributed by atoms with Gasteiger partial charge in [0.2, 0.25) is 0 Å². The number of Topliss-reactive ketones (excluding diaryl/α,β-unsaturated/α-hetero) is 1. The largest absolute Gasteiger partial charge is 0.295 e. The van der Waals surface area contributed by atoms with Crippen molar-refractivity contribution in [1.29, 1.82) is 0 Å². The monoisotopic (exact) mass is 413 g/mol. The normalized spacial score (nSPS) is 15.0. The van der Waals surface area contributed by atoms with Crippen LogP contribution in [-0.2, 0) is 16.9 Å². The summed E-state index contributed by atoms with van der Waals surface area (Å²) in [5.41, 5.74) is 3.76.